The quantitative estimate of drug-likeness (QED) is 0.909. The number of rotatable bonds is 5. The Morgan fingerprint density at radius 1 is 1.26 bits per heavy atom. The van der Waals surface area contributed by atoms with Gasteiger partial charge in [0, 0.05) is 6.04 Å². The summed E-state index contributed by atoms with van der Waals surface area (Å²) in [5.74, 6) is 0. The van der Waals surface area contributed by atoms with Gasteiger partial charge in [0.25, 0.3) is 0 Å². The predicted octanol–water partition coefficient (Wildman–Crippen LogP) is 3.36. The SMILES string of the molecule is CCNC(Cc1cc(C)ccc1C)c1snnc1C. The fraction of sp³-hybridized carbons (Fsp3) is 0.467. The van der Waals surface area contributed by atoms with Gasteiger partial charge in [-0.15, -0.1) is 5.10 Å². The van der Waals surface area contributed by atoms with Gasteiger partial charge in [0.2, 0.25) is 0 Å². The zero-order chi connectivity index (χ0) is 13.8. The summed E-state index contributed by atoms with van der Waals surface area (Å²) in [4.78, 5) is 1.25. The van der Waals surface area contributed by atoms with Crippen molar-refractivity contribution >= 4 is 11.5 Å². The second-order valence-corrected chi connectivity index (χ2v) is 5.75. The largest absolute Gasteiger partial charge is 0.309 e. The third-order valence-corrected chi connectivity index (χ3v) is 4.32. The highest BCUT2D eigenvalue weighted by atomic mass is 32.1. The molecular formula is C15H21N3S. The average Bonchev–Trinajstić information content (AvgIpc) is 2.79. The molecular weight excluding hydrogens is 254 g/mol. The minimum Gasteiger partial charge on any atom is -0.309 e. The van der Waals surface area contributed by atoms with Gasteiger partial charge in [-0.1, -0.05) is 35.2 Å². The molecule has 0 amide bonds. The molecule has 0 aliphatic carbocycles. The summed E-state index contributed by atoms with van der Waals surface area (Å²) >= 11 is 1.50. The van der Waals surface area contributed by atoms with E-state index in [4.69, 9.17) is 0 Å². The van der Waals surface area contributed by atoms with Gasteiger partial charge in [0.1, 0.15) is 0 Å². The molecule has 2 rings (SSSR count). The van der Waals surface area contributed by atoms with E-state index in [2.05, 4.69) is 53.9 Å². The molecule has 0 aliphatic rings. The molecule has 2 aromatic rings. The van der Waals surface area contributed by atoms with Crippen molar-refractivity contribution in [2.45, 2.75) is 40.2 Å². The van der Waals surface area contributed by atoms with Crippen molar-refractivity contribution in [2.24, 2.45) is 0 Å². The highest BCUT2D eigenvalue weighted by Gasteiger charge is 2.17. The van der Waals surface area contributed by atoms with Crippen molar-refractivity contribution in [2.75, 3.05) is 6.54 Å². The van der Waals surface area contributed by atoms with Crippen LogP contribution in [0, 0.1) is 20.8 Å². The Kier molecular flexibility index (Phi) is 4.66. The molecule has 0 radical (unpaired) electrons. The maximum Gasteiger partial charge on any atom is 0.0772 e. The number of aryl methyl sites for hydroxylation is 3. The maximum atomic E-state index is 4.13. The molecule has 4 heteroatoms. The normalized spacial score (nSPS) is 12.6. The minimum absolute atomic E-state index is 0.311. The zero-order valence-electron chi connectivity index (χ0n) is 12.0. The van der Waals surface area contributed by atoms with Crippen LogP contribution in [0.4, 0.5) is 0 Å². The Balaban J connectivity index is 2.26. The van der Waals surface area contributed by atoms with Crippen molar-refractivity contribution in [3.05, 3.63) is 45.5 Å². The first-order valence-electron chi connectivity index (χ1n) is 6.70. The summed E-state index contributed by atoms with van der Waals surface area (Å²) in [6.45, 7) is 9.44. The lowest BCUT2D eigenvalue weighted by atomic mass is 9.98. The molecule has 3 nitrogen and oxygen atoms in total. The zero-order valence-corrected chi connectivity index (χ0v) is 12.8. The van der Waals surface area contributed by atoms with E-state index in [1.165, 1.54) is 33.1 Å². The molecule has 19 heavy (non-hydrogen) atoms. The molecule has 0 bridgehead atoms. The van der Waals surface area contributed by atoms with Gasteiger partial charge in [-0.2, -0.15) is 0 Å². The lowest BCUT2D eigenvalue weighted by Crippen LogP contribution is -2.23. The van der Waals surface area contributed by atoms with Crippen LogP contribution in [0.5, 0.6) is 0 Å². The van der Waals surface area contributed by atoms with E-state index in [0.29, 0.717) is 6.04 Å². The minimum atomic E-state index is 0.311. The first kappa shape index (κ1) is 14.2. The van der Waals surface area contributed by atoms with Crippen LogP contribution >= 0.6 is 11.5 Å². The number of nitrogens with zero attached hydrogens (tertiary/aromatic N) is 2. The number of hydrogen-bond acceptors (Lipinski definition) is 4. The fourth-order valence-corrected chi connectivity index (χ4v) is 3.02. The Labute approximate surface area is 119 Å². The van der Waals surface area contributed by atoms with E-state index in [1.807, 2.05) is 6.92 Å². The summed E-state index contributed by atoms with van der Waals surface area (Å²) in [6, 6.07) is 6.96. The second-order valence-electron chi connectivity index (χ2n) is 4.97. The summed E-state index contributed by atoms with van der Waals surface area (Å²) < 4.78 is 4.06. The van der Waals surface area contributed by atoms with Gasteiger partial charge >= 0.3 is 0 Å². The monoisotopic (exact) mass is 275 g/mol. The topological polar surface area (TPSA) is 37.8 Å². The van der Waals surface area contributed by atoms with Crippen LogP contribution in [0.1, 0.15) is 40.2 Å². The third kappa shape index (κ3) is 3.39. The molecule has 1 aromatic heterocycles. The van der Waals surface area contributed by atoms with Crippen molar-refractivity contribution in [1.82, 2.24) is 14.9 Å². The summed E-state index contributed by atoms with van der Waals surface area (Å²) in [5, 5.41) is 7.68. The van der Waals surface area contributed by atoms with E-state index in [-0.39, 0.29) is 0 Å². The van der Waals surface area contributed by atoms with E-state index < -0.39 is 0 Å². The van der Waals surface area contributed by atoms with E-state index in [0.717, 1.165) is 18.7 Å². The van der Waals surface area contributed by atoms with E-state index in [9.17, 15) is 0 Å². The van der Waals surface area contributed by atoms with Gasteiger partial charge in [-0.25, -0.2) is 0 Å². The Bertz CT molecular complexity index is 548. The van der Waals surface area contributed by atoms with Gasteiger partial charge in [-0.3, -0.25) is 0 Å². The summed E-state index contributed by atoms with van der Waals surface area (Å²) in [5.41, 5.74) is 5.11. The predicted molar refractivity (Wildman–Crippen MR) is 80.7 cm³/mol. The maximum absolute atomic E-state index is 4.13. The van der Waals surface area contributed by atoms with E-state index in [1.54, 1.807) is 0 Å². The van der Waals surface area contributed by atoms with Crippen LogP contribution in [-0.2, 0) is 6.42 Å². The third-order valence-electron chi connectivity index (χ3n) is 3.38. The van der Waals surface area contributed by atoms with Gasteiger partial charge in [0.05, 0.1) is 10.6 Å². The number of hydrogen-bond donors (Lipinski definition) is 1. The van der Waals surface area contributed by atoms with Crippen LogP contribution in [0.2, 0.25) is 0 Å². The van der Waals surface area contributed by atoms with Gasteiger partial charge < -0.3 is 5.32 Å². The fourth-order valence-electron chi connectivity index (χ4n) is 2.30. The molecule has 1 N–H and O–H groups in total. The molecule has 0 saturated carbocycles. The van der Waals surface area contributed by atoms with Crippen LogP contribution in [0.3, 0.4) is 0 Å². The Morgan fingerprint density at radius 3 is 2.68 bits per heavy atom. The molecule has 1 atom stereocenters. The molecule has 0 fully saturated rings. The van der Waals surface area contributed by atoms with E-state index >= 15 is 0 Å². The van der Waals surface area contributed by atoms with Gasteiger partial charge in [-0.05, 0) is 56.4 Å². The van der Waals surface area contributed by atoms with Crippen molar-refractivity contribution in [3.8, 4) is 0 Å². The van der Waals surface area contributed by atoms with Crippen molar-refractivity contribution in [3.63, 3.8) is 0 Å². The summed E-state index contributed by atoms with van der Waals surface area (Å²) in [6.07, 6.45) is 0.992. The Morgan fingerprint density at radius 2 is 2.05 bits per heavy atom. The van der Waals surface area contributed by atoms with Crippen LogP contribution in [0.25, 0.3) is 0 Å². The molecule has 102 valence electrons. The van der Waals surface area contributed by atoms with Gasteiger partial charge in [0.15, 0.2) is 0 Å². The highest BCUT2D eigenvalue weighted by molar-refractivity contribution is 7.05. The highest BCUT2D eigenvalue weighted by Crippen LogP contribution is 2.25. The molecule has 0 spiro atoms. The first-order chi connectivity index (χ1) is 9.11. The van der Waals surface area contributed by atoms with Crippen LogP contribution < -0.4 is 5.32 Å². The standard InChI is InChI=1S/C15H21N3S/c1-5-16-14(15-12(4)17-18-19-15)9-13-8-10(2)6-7-11(13)3/h6-8,14,16H,5,9H2,1-4H3. The van der Waals surface area contributed by atoms with Crippen LogP contribution in [0.15, 0.2) is 18.2 Å². The molecule has 1 heterocycles. The Hall–Kier alpha value is -1.26. The molecule has 0 aliphatic heterocycles. The smallest absolute Gasteiger partial charge is 0.0772 e. The number of aromatic nitrogens is 2. The van der Waals surface area contributed by atoms with Crippen LogP contribution in [-0.4, -0.2) is 16.1 Å². The lowest BCUT2D eigenvalue weighted by molar-refractivity contribution is 0.553. The molecule has 1 unspecified atom stereocenters. The number of benzene rings is 1. The van der Waals surface area contributed by atoms with Crippen molar-refractivity contribution < 1.29 is 0 Å². The number of likely N-dealkylation sites (N-methyl/N-ethyl adjacent to an activating group) is 1. The lowest BCUT2D eigenvalue weighted by Gasteiger charge is -2.18. The first-order valence-corrected chi connectivity index (χ1v) is 7.47. The number of nitrogens with one attached hydrogen (secondary N) is 1. The molecule has 0 saturated heterocycles. The second kappa shape index (κ2) is 6.26. The average molecular weight is 275 g/mol. The molecule has 1 aromatic carbocycles. The summed E-state index contributed by atoms with van der Waals surface area (Å²) in [7, 11) is 0. The van der Waals surface area contributed by atoms with Crippen molar-refractivity contribution in [1.29, 1.82) is 0 Å².